The molecule has 9 heteroatoms. The van der Waals surface area contributed by atoms with E-state index in [-0.39, 0.29) is 5.75 Å². The largest absolute Gasteiger partial charge is 0.490 e. The van der Waals surface area contributed by atoms with Gasteiger partial charge in [-0.1, -0.05) is 41.9 Å². The summed E-state index contributed by atoms with van der Waals surface area (Å²) >= 11 is 5.96. The van der Waals surface area contributed by atoms with Crippen LogP contribution in [0, 0.1) is 0 Å². The Morgan fingerprint density at radius 3 is 2.39 bits per heavy atom. The molecule has 0 spiro atoms. The normalized spacial score (nSPS) is 10.5. The van der Waals surface area contributed by atoms with Crippen LogP contribution < -0.4 is 20.2 Å². The molecule has 0 bridgehead atoms. The molecule has 0 aliphatic heterocycles. The van der Waals surface area contributed by atoms with Gasteiger partial charge in [-0.15, -0.1) is 0 Å². The van der Waals surface area contributed by atoms with Gasteiger partial charge in [0, 0.05) is 0 Å². The molecule has 3 aromatic carbocycles. The van der Waals surface area contributed by atoms with Gasteiger partial charge < -0.3 is 14.8 Å². The van der Waals surface area contributed by atoms with E-state index in [2.05, 4.69) is 15.8 Å². The third-order valence-corrected chi connectivity index (χ3v) is 4.52. The van der Waals surface area contributed by atoms with Crippen LogP contribution in [0.3, 0.4) is 0 Å². The van der Waals surface area contributed by atoms with Gasteiger partial charge in [0.15, 0.2) is 11.5 Å². The number of carbonyl (C=O) groups excluding carboxylic acids is 3. The second-order valence-corrected chi connectivity index (χ2v) is 6.94. The van der Waals surface area contributed by atoms with Crippen molar-refractivity contribution in [3.8, 4) is 11.5 Å². The molecular weight excluding hydrogens is 446 g/mol. The molecule has 3 aromatic rings. The lowest BCUT2D eigenvalue weighted by Crippen LogP contribution is -2.32. The number of benzene rings is 3. The highest BCUT2D eigenvalue weighted by atomic mass is 35.5. The molecule has 2 N–H and O–H groups in total. The highest BCUT2D eigenvalue weighted by molar-refractivity contribution is 6.41. The van der Waals surface area contributed by atoms with E-state index >= 15 is 0 Å². The molecule has 3 rings (SSSR count). The molecule has 0 saturated carbocycles. The number of hydrazone groups is 1. The van der Waals surface area contributed by atoms with Crippen molar-refractivity contribution in [3.05, 3.63) is 88.9 Å². The minimum absolute atomic E-state index is 0.242. The standard InChI is InChI=1S/C24H20ClN3O5/c1-2-32-21-14-16(12-13-20(21)33-24(31)17-8-4-3-5-9-17)15-26-28-23(30)22(29)27-19-11-7-6-10-18(19)25/h3-15H,2H2,1H3,(H,27,29)(H,28,30)/b26-15+. The zero-order chi connectivity index (χ0) is 23.6. The van der Waals surface area contributed by atoms with Gasteiger partial charge in [-0.3, -0.25) is 9.59 Å². The van der Waals surface area contributed by atoms with Crippen molar-refractivity contribution in [2.24, 2.45) is 5.10 Å². The fourth-order valence-corrected chi connectivity index (χ4v) is 2.83. The second-order valence-electron chi connectivity index (χ2n) is 6.53. The number of esters is 1. The van der Waals surface area contributed by atoms with Crippen molar-refractivity contribution in [1.29, 1.82) is 0 Å². The van der Waals surface area contributed by atoms with Crippen LogP contribution >= 0.6 is 11.6 Å². The van der Waals surface area contributed by atoms with Crippen LogP contribution in [-0.2, 0) is 9.59 Å². The molecule has 2 amide bonds. The summed E-state index contributed by atoms with van der Waals surface area (Å²) in [6.45, 7) is 2.14. The average Bonchev–Trinajstić information content (AvgIpc) is 2.82. The van der Waals surface area contributed by atoms with Crippen molar-refractivity contribution in [2.45, 2.75) is 6.92 Å². The number of ether oxygens (including phenoxy) is 2. The van der Waals surface area contributed by atoms with Gasteiger partial charge in [0.2, 0.25) is 0 Å². The smallest absolute Gasteiger partial charge is 0.343 e. The van der Waals surface area contributed by atoms with Crippen LogP contribution in [-0.4, -0.2) is 30.6 Å². The summed E-state index contributed by atoms with van der Waals surface area (Å²) in [5, 5.41) is 6.49. The number of hydrogen-bond acceptors (Lipinski definition) is 6. The summed E-state index contributed by atoms with van der Waals surface area (Å²) in [5.41, 5.74) is 3.40. The first-order chi connectivity index (χ1) is 16.0. The van der Waals surface area contributed by atoms with E-state index in [4.69, 9.17) is 21.1 Å². The zero-order valence-corrected chi connectivity index (χ0v) is 18.3. The maximum Gasteiger partial charge on any atom is 0.343 e. The Hall–Kier alpha value is -4.17. The summed E-state index contributed by atoms with van der Waals surface area (Å²) in [6, 6.07) is 19.9. The molecule has 8 nitrogen and oxygen atoms in total. The SMILES string of the molecule is CCOc1cc(/C=N/NC(=O)C(=O)Nc2ccccc2Cl)ccc1OC(=O)c1ccccc1. The van der Waals surface area contributed by atoms with Crippen molar-refractivity contribution < 1.29 is 23.9 Å². The van der Waals surface area contributed by atoms with E-state index in [0.29, 0.717) is 34.2 Å². The van der Waals surface area contributed by atoms with Crippen molar-refractivity contribution >= 4 is 41.3 Å². The van der Waals surface area contributed by atoms with Gasteiger partial charge in [0.25, 0.3) is 0 Å². The van der Waals surface area contributed by atoms with E-state index in [1.165, 1.54) is 6.21 Å². The third-order valence-electron chi connectivity index (χ3n) is 4.19. The number of nitrogens with zero attached hydrogens (tertiary/aromatic N) is 1. The Bertz CT molecular complexity index is 1180. The number of anilines is 1. The number of amides is 2. The van der Waals surface area contributed by atoms with Crippen LogP contribution in [0.1, 0.15) is 22.8 Å². The van der Waals surface area contributed by atoms with Gasteiger partial charge in [-0.05, 0) is 55.0 Å². The fraction of sp³-hybridized carbons (Fsp3) is 0.0833. The lowest BCUT2D eigenvalue weighted by atomic mass is 10.2. The Labute approximate surface area is 195 Å². The number of rotatable bonds is 7. The first-order valence-corrected chi connectivity index (χ1v) is 10.3. The first kappa shape index (κ1) is 23.5. The minimum atomic E-state index is -0.968. The summed E-state index contributed by atoms with van der Waals surface area (Å²) in [4.78, 5) is 36.3. The Morgan fingerprint density at radius 2 is 1.67 bits per heavy atom. The maximum absolute atomic E-state index is 12.3. The number of hydrogen-bond donors (Lipinski definition) is 2. The van der Waals surface area contributed by atoms with Crippen molar-refractivity contribution in [2.75, 3.05) is 11.9 Å². The lowest BCUT2D eigenvalue weighted by molar-refractivity contribution is -0.136. The highest BCUT2D eigenvalue weighted by Crippen LogP contribution is 2.29. The molecule has 33 heavy (non-hydrogen) atoms. The second kappa shape index (κ2) is 11.4. The molecule has 0 unspecified atom stereocenters. The number of nitrogens with one attached hydrogen (secondary N) is 2. The summed E-state index contributed by atoms with van der Waals surface area (Å²) in [6.07, 6.45) is 1.33. The van der Waals surface area contributed by atoms with Crippen LogP contribution in [0.25, 0.3) is 0 Å². The Morgan fingerprint density at radius 1 is 0.939 bits per heavy atom. The van der Waals surface area contributed by atoms with Gasteiger partial charge in [-0.25, -0.2) is 10.2 Å². The molecule has 0 aromatic heterocycles. The monoisotopic (exact) mass is 465 g/mol. The first-order valence-electron chi connectivity index (χ1n) is 9.91. The van der Waals surface area contributed by atoms with E-state index < -0.39 is 17.8 Å². The Kier molecular flexibility index (Phi) is 8.15. The van der Waals surface area contributed by atoms with Gasteiger partial charge in [-0.2, -0.15) is 5.10 Å². The molecular formula is C24H20ClN3O5. The predicted octanol–water partition coefficient (Wildman–Crippen LogP) is 4.05. The van der Waals surface area contributed by atoms with Crippen LogP contribution in [0.5, 0.6) is 11.5 Å². The molecule has 0 fully saturated rings. The molecule has 0 heterocycles. The Balaban J connectivity index is 1.63. The maximum atomic E-state index is 12.3. The molecule has 0 radical (unpaired) electrons. The lowest BCUT2D eigenvalue weighted by Gasteiger charge is -2.11. The van der Waals surface area contributed by atoms with E-state index in [9.17, 15) is 14.4 Å². The zero-order valence-electron chi connectivity index (χ0n) is 17.6. The highest BCUT2D eigenvalue weighted by Gasteiger charge is 2.15. The molecule has 0 atom stereocenters. The summed E-state index contributed by atoms with van der Waals surface area (Å²) in [5.74, 6) is -1.84. The average molecular weight is 466 g/mol. The van der Waals surface area contributed by atoms with Gasteiger partial charge >= 0.3 is 17.8 Å². The van der Waals surface area contributed by atoms with Crippen molar-refractivity contribution in [1.82, 2.24) is 5.43 Å². The molecule has 0 aliphatic carbocycles. The van der Waals surface area contributed by atoms with Crippen LogP contribution in [0.4, 0.5) is 5.69 Å². The van der Waals surface area contributed by atoms with E-state index in [0.717, 1.165) is 0 Å². The minimum Gasteiger partial charge on any atom is -0.490 e. The third kappa shape index (κ3) is 6.65. The number of halogens is 1. The summed E-state index contributed by atoms with van der Waals surface area (Å²) in [7, 11) is 0. The van der Waals surface area contributed by atoms with Crippen molar-refractivity contribution in [3.63, 3.8) is 0 Å². The van der Waals surface area contributed by atoms with E-state index in [1.807, 2.05) is 0 Å². The topological polar surface area (TPSA) is 106 Å². The molecule has 0 aliphatic rings. The quantitative estimate of drug-likeness (QED) is 0.180. The van der Waals surface area contributed by atoms with Gasteiger partial charge in [0.1, 0.15) is 0 Å². The molecule has 168 valence electrons. The molecule has 0 saturated heterocycles. The van der Waals surface area contributed by atoms with Crippen LogP contribution in [0.2, 0.25) is 5.02 Å². The van der Waals surface area contributed by atoms with Crippen LogP contribution in [0.15, 0.2) is 77.9 Å². The number of para-hydroxylation sites is 1. The predicted molar refractivity (Wildman–Crippen MR) is 125 cm³/mol. The van der Waals surface area contributed by atoms with E-state index in [1.54, 1.807) is 79.7 Å². The van der Waals surface area contributed by atoms with Gasteiger partial charge in [0.05, 0.1) is 29.1 Å². The number of carbonyl (C=O) groups is 3. The summed E-state index contributed by atoms with van der Waals surface area (Å²) < 4.78 is 11.0. The fourth-order valence-electron chi connectivity index (χ4n) is 2.65.